The molecule has 9 heteroatoms. The van der Waals surface area contributed by atoms with Crippen LogP contribution in [0.25, 0.3) is 0 Å². The van der Waals surface area contributed by atoms with E-state index in [1.54, 1.807) is 6.08 Å². The number of hydrogen-bond donors (Lipinski definition) is 6. The Labute approximate surface area is 519 Å². The van der Waals surface area contributed by atoms with Gasteiger partial charge in [0.1, 0.15) is 24.4 Å². The molecule has 0 aromatic rings. The van der Waals surface area contributed by atoms with Crippen molar-refractivity contribution in [1.29, 1.82) is 0 Å². The predicted octanol–water partition coefficient (Wildman–Crippen LogP) is 19.9. The second-order valence-corrected chi connectivity index (χ2v) is 25.0. The highest BCUT2D eigenvalue weighted by molar-refractivity contribution is 5.76. The fourth-order valence-corrected chi connectivity index (χ4v) is 11.3. The Morgan fingerprint density at radius 1 is 0.405 bits per heavy atom. The summed E-state index contributed by atoms with van der Waals surface area (Å²) in [6.45, 7) is 3.79. The number of carbonyl (C=O) groups excluding carboxylic acids is 1. The fourth-order valence-electron chi connectivity index (χ4n) is 11.3. The third kappa shape index (κ3) is 51.7. The summed E-state index contributed by atoms with van der Waals surface area (Å²) in [4.78, 5) is 13.1. The van der Waals surface area contributed by atoms with E-state index in [9.17, 15) is 30.3 Å². The quantitative estimate of drug-likeness (QED) is 0.0261. The summed E-state index contributed by atoms with van der Waals surface area (Å²) >= 11 is 0. The van der Waals surface area contributed by atoms with E-state index < -0.39 is 49.5 Å². The van der Waals surface area contributed by atoms with Gasteiger partial charge in [-0.15, -0.1) is 0 Å². The van der Waals surface area contributed by atoms with Crippen LogP contribution in [0, 0.1) is 0 Å². The zero-order chi connectivity index (χ0) is 60.7. The Kier molecular flexibility index (Phi) is 60.3. The van der Waals surface area contributed by atoms with Crippen molar-refractivity contribution in [3.8, 4) is 0 Å². The van der Waals surface area contributed by atoms with Gasteiger partial charge in [0, 0.05) is 6.42 Å². The Morgan fingerprint density at radius 3 is 1.08 bits per heavy atom. The topological polar surface area (TPSA) is 149 Å². The third-order valence-electron chi connectivity index (χ3n) is 17.0. The van der Waals surface area contributed by atoms with Gasteiger partial charge in [0.05, 0.1) is 25.4 Å². The lowest BCUT2D eigenvalue weighted by molar-refractivity contribution is -0.302. The Morgan fingerprint density at radius 2 is 0.714 bits per heavy atom. The minimum Gasteiger partial charge on any atom is -0.394 e. The first-order valence-corrected chi connectivity index (χ1v) is 36.2. The fraction of sp³-hybridized carbons (Fsp3) is 0.827. The molecule has 0 bridgehead atoms. The lowest BCUT2D eigenvalue weighted by Gasteiger charge is -2.40. The molecular formula is C75H137NO8. The first-order chi connectivity index (χ1) is 41.3. The molecule has 490 valence electrons. The van der Waals surface area contributed by atoms with Crippen molar-refractivity contribution < 1.29 is 39.8 Å². The molecule has 7 unspecified atom stereocenters. The largest absolute Gasteiger partial charge is 0.394 e. The number of hydrogen-bond acceptors (Lipinski definition) is 8. The van der Waals surface area contributed by atoms with Crippen molar-refractivity contribution in [1.82, 2.24) is 5.32 Å². The maximum Gasteiger partial charge on any atom is 0.220 e. The molecule has 6 N–H and O–H groups in total. The molecule has 0 aromatic heterocycles. The monoisotopic (exact) mass is 1180 g/mol. The smallest absolute Gasteiger partial charge is 0.220 e. The van der Waals surface area contributed by atoms with Gasteiger partial charge >= 0.3 is 0 Å². The lowest BCUT2D eigenvalue weighted by Crippen LogP contribution is -2.60. The Hall–Kier alpha value is -2.37. The van der Waals surface area contributed by atoms with Gasteiger partial charge in [0.25, 0.3) is 0 Å². The number of carbonyl (C=O) groups is 1. The number of aliphatic hydroxyl groups is 5. The zero-order valence-electron chi connectivity index (χ0n) is 54.9. The molecule has 1 rings (SSSR count). The highest BCUT2D eigenvalue weighted by Crippen LogP contribution is 2.23. The van der Waals surface area contributed by atoms with E-state index in [1.807, 2.05) is 6.08 Å². The van der Waals surface area contributed by atoms with Gasteiger partial charge in [-0.05, 0) is 83.5 Å². The Bertz CT molecular complexity index is 1560. The molecule has 7 atom stereocenters. The average molecular weight is 1180 g/mol. The van der Waals surface area contributed by atoms with Crippen LogP contribution in [0.4, 0.5) is 0 Å². The molecule has 1 saturated heterocycles. The van der Waals surface area contributed by atoms with Crippen LogP contribution in [-0.2, 0) is 14.3 Å². The van der Waals surface area contributed by atoms with Crippen molar-refractivity contribution in [2.45, 2.75) is 384 Å². The zero-order valence-corrected chi connectivity index (χ0v) is 54.9. The molecule has 0 aromatic carbocycles. The number of aliphatic hydroxyl groups excluding tert-OH is 5. The molecule has 0 saturated carbocycles. The average Bonchev–Trinajstić information content (AvgIpc) is 3.70. The number of amides is 1. The SMILES string of the molecule is CCCCCCC/C=C\C/C=C\C/C=C\CCCCCCCCCCCCCCCCCCCCCCC(=O)NC(COC1OC(CO)C(O)C(O)C1O)C(O)/C=C/CC/C=C/CC/C=C/CCCCCCCCCCCCCCCCCC. The first kappa shape index (κ1) is 79.6. The minimum atomic E-state index is -1.58. The summed E-state index contributed by atoms with van der Waals surface area (Å²) in [5.74, 6) is -0.187. The Balaban J connectivity index is 2.13. The van der Waals surface area contributed by atoms with E-state index in [4.69, 9.17) is 9.47 Å². The van der Waals surface area contributed by atoms with E-state index in [-0.39, 0.29) is 12.5 Å². The van der Waals surface area contributed by atoms with Crippen LogP contribution < -0.4 is 5.32 Å². The van der Waals surface area contributed by atoms with E-state index in [1.165, 1.54) is 263 Å². The van der Waals surface area contributed by atoms with Crippen LogP contribution in [0.2, 0.25) is 0 Å². The van der Waals surface area contributed by atoms with E-state index >= 15 is 0 Å². The van der Waals surface area contributed by atoms with Crippen LogP contribution in [0.5, 0.6) is 0 Å². The molecule has 0 radical (unpaired) electrons. The molecular weight excluding hydrogens is 1040 g/mol. The number of rotatable bonds is 63. The molecule has 1 aliphatic heterocycles. The highest BCUT2D eigenvalue weighted by atomic mass is 16.7. The molecule has 1 heterocycles. The molecule has 1 amide bonds. The van der Waals surface area contributed by atoms with Crippen LogP contribution in [0.3, 0.4) is 0 Å². The van der Waals surface area contributed by atoms with Crippen LogP contribution in [-0.4, -0.2) is 87.5 Å². The van der Waals surface area contributed by atoms with Gasteiger partial charge in [-0.25, -0.2) is 0 Å². The van der Waals surface area contributed by atoms with Gasteiger partial charge in [-0.3, -0.25) is 4.79 Å². The lowest BCUT2D eigenvalue weighted by atomic mass is 9.99. The van der Waals surface area contributed by atoms with E-state index in [0.717, 1.165) is 57.8 Å². The van der Waals surface area contributed by atoms with Crippen LogP contribution in [0.1, 0.15) is 341 Å². The van der Waals surface area contributed by atoms with E-state index in [2.05, 4.69) is 79.9 Å². The van der Waals surface area contributed by atoms with Crippen LogP contribution >= 0.6 is 0 Å². The summed E-state index contributed by atoms with van der Waals surface area (Å²) in [7, 11) is 0. The number of nitrogens with one attached hydrogen (secondary N) is 1. The second kappa shape index (κ2) is 63.6. The highest BCUT2D eigenvalue weighted by Gasteiger charge is 2.44. The summed E-state index contributed by atoms with van der Waals surface area (Å²) in [5, 5.41) is 54.7. The summed E-state index contributed by atoms with van der Waals surface area (Å²) in [6, 6.07) is -0.832. The van der Waals surface area contributed by atoms with Gasteiger partial charge in [-0.1, -0.05) is 324 Å². The molecule has 1 fully saturated rings. The van der Waals surface area contributed by atoms with Gasteiger partial charge in [-0.2, -0.15) is 0 Å². The maximum absolute atomic E-state index is 13.1. The van der Waals surface area contributed by atoms with E-state index in [0.29, 0.717) is 6.42 Å². The molecule has 0 spiro atoms. The maximum atomic E-state index is 13.1. The van der Waals surface area contributed by atoms with Gasteiger partial charge in [0.15, 0.2) is 6.29 Å². The summed E-state index contributed by atoms with van der Waals surface area (Å²) in [6.07, 6.45) is 83.1. The van der Waals surface area contributed by atoms with Crippen molar-refractivity contribution in [2.75, 3.05) is 13.2 Å². The van der Waals surface area contributed by atoms with Gasteiger partial charge < -0.3 is 40.3 Å². The third-order valence-corrected chi connectivity index (χ3v) is 17.0. The second-order valence-electron chi connectivity index (χ2n) is 25.0. The summed E-state index contributed by atoms with van der Waals surface area (Å²) < 4.78 is 11.3. The summed E-state index contributed by atoms with van der Waals surface area (Å²) in [5.41, 5.74) is 0. The number of unbranched alkanes of at least 4 members (excludes halogenated alkanes) is 43. The number of allylic oxidation sites excluding steroid dienone is 11. The molecule has 84 heavy (non-hydrogen) atoms. The van der Waals surface area contributed by atoms with Crippen LogP contribution in [0.15, 0.2) is 72.9 Å². The van der Waals surface area contributed by atoms with Crippen molar-refractivity contribution >= 4 is 5.91 Å². The predicted molar refractivity (Wildman–Crippen MR) is 359 cm³/mol. The molecule has 0 aliphatic carbocycles. The number of ether oxygens (including phenoxy) is 2. The molecule has 1 aliphatic rings. The standard InChI is InChI=1S/C75H137NO8/c1-3-5-7-9-11-13-15-17-19-21-23-25-27-29-31-32-33-34-35-36-37-38-39-41-43-45-47-49-51-53-55-57-59-61-63-65-71(79)76-68(67-83-75-74(82)73(81)72(80)70(66-77)84-75)69(78)64-62-60-58-56-54-52-50-48-46-44-42-40-30-28-26-24-22-20-18-16-14-12-10-8-6-4-2/h15,17,21,23,27,29,46,48,54,56,62,64,68-70,72-75,77-78,80-82H,3-14,16,18-20,22,24-26,28,30-45,47,49-53,55,57-61,63,65-67H2,1-2H3,(H,76,79)/b17-15-,23-21-,29-27-,48-46+,56-54+,64-62+. The van der Waals surface area contributed by atoms with Crippen molar-refractivity contribution in [3.63, 3.8) is 0 Å². The minimum absolute atomic E-state index is 0.187. The molecule has 9 nitrogen and oxygen atoms in total. The van der Waals surface area contributed by atoms with Crippen molar-refractivity contribution in [3.05, 3.63) is 72.9 Å². The first-order valence-electron chi connectivity index (χ1n) is 36.2. The van der Waals surface area contributed by atoms with Gasteiger partial charge in [0.2, 0.25) is 5.91 Å². The van der Waals surface area contributed by atoms with Crippen molar-refractivity contribution in [2.24, 2.45) is 0 Å². The normalized spacial score (nSPS) is 18.6.